The number of nitrogens with two attached hydrogens (primary N) is 1. The number of likely N-dealkylation sites (tertiary alicyclic amines) is 1. The molecule has 4 heteroatoms. The van der Waals surface area contributed by atoms with E-state index in [1.807, 2.05) is 0 Å². The van der Waals surface area contributed by atoms with Gasteiger partial charge in [-0.15, -0.1) is 0 Å². The van der Waals surface area contributed by atoms with Gasteiger partial charge in [-0.05, 0) is 65.3 Å². The van der Waals surface area contributed by atoms with E-state index in [0.717, 1.165) is 12.3 Å². The third-order valence-electron chi connectivity index (χ3n) is 4.59. The van der Waals surface area contributed by atoms with Gasteiger partial charge in [-0.2, -0.15) is 0 Å². The monoisotopic (exact) mass is 282 g/mol. The predicted octanol–water partition coefficient (Wildman–Crippen LogP) is 2.39. The Morgan fingerprint density at radius 2 is 1.85 bits per heavy atom. The van der Waals surface area contributed by atoms with Crippen LogP contribution in [0, 0.1) is 16.7 Å². The molecule has 0 amide bonds. The van der Waals surface area contributed by atoms with Crippen LogP contribution in [0.2, 0.25) is 0 Å². The highest BCUT2D eigenvalue weighted by Crippen LogP contribution is 2.23. The molecule has 1 fully saturated rings. The van der Waals surface area contributed by atoms with Gasteiger partial charge in [0.1, 0.15) is 0 Å². The normalized spacial score (nSPS) is 18.6. The average Bonchev–Trinajstić information content (AvgIpc) is 2.35. The first-order valence-electron chi connectivity index (χ1n) is 8.03. The molecule has 0 aromatic heterocycles. The highest BCUT2D eigenvalue weighted by Gasteiger charge is 2.22. The summed E-state index contributed by atoms with van der Waals surface area (Å²) in [7, 11) is 4.34. The van der Waals surface area contributed by atoms with Crippen molar-refractivity contribution in [2.24, 2.45) is 17.1 Å². The number of hydrogen-bond donors (Lipinski definition) is 2. The molecule has 118 valence electrons. The fourth-order valence-corrected chi connectivity index (χ4v) is 2.95. The van der Waals surface area contributed by atoms with E-state index in [0.29, 0.717) is 5.84 Å². The standard InChI is InChI=1S/C16H34N4/c1-16(2,15(17)18)9-5-6-10-20-11-7-14(8-12-20)13-19(3)4/h14H,5-13H2,1-4H3,(H3,17,18). The van der Waals surface area contributed by atoms with Crippen LogP contribution in [0.3, 0.4) is 0 Å². The number of nitrogens with zero attached hydrogens (tertiary/aromatic N) is 2. The fourth-order valence-electron chi connectivity index (χ4n) is 2.95. The zero-order chi connectivity index (χ0) is 15.2. The van der Waals surface area contributed by atoms with Gasteiger partial charge in [0, 0.05) is 12.0 Å². The van der Waals surface area contributed by atoms with Gasteiger partial charge in [-0.3, -0.25) is 5.41 Å². The Morgan fingerprint density at radius 1 is 1.25 bits per heavy atom. The van der Waals surface area contributed by atoms with Gasteiger partial charge >= 0.3 is 0 Å². The number of unbranched alkanes of at least 4 members (excludes halogenated alkanes) is 1. The average molecular weight is 282 g/mol. The van der Waals surface area contributed by atoms with Crippen LogP contribution < -0.4 is 5.73 Å². The maximum Gasteiger partial charge on any atom is 0.0963 e. The molecule has 1 heterocycles. The van der Waals surface area contributed by atoms with E-state index in [1.165, 1.54) is 51.9 Å². The maximum atomic E-state index is 7.57. The lowest BCUT2D eigenvalue weighted by Gasteiger charge is -2.33. The molecule has 0 aromatic rings. The second-order valence-corrected chi connectivity index (χ2v) is 7.30. The van der Waals surface area contributed by atoms with Gasteiger partial charge in [-0.25, -0.2) is 0 Å². The largest absolute Gasteiger partial charge is 0.387 e. The van der Waals surface area contributed by atoms with Gasteiger partial charge in [0.05, 0.1) is 5.84 Å². The Kier molecular flexibility index (Phi) is 6.96. The van der Waals surface area contributed by atoms with Gasteiger partial charge in [0.2, 0.25) is 0 Å². The summed E-state index contributed by atoms with van der Waals surface area (Å²) in [5.74, 6) is 1.21. The molecule has 20 heavy (non-hydrogen) atoms. The smallest absolute Gasteiger partial charge is 0.0963 e. The van der Waals surface area contributed by atoms with Gasteiger partial charge in [-0.1, -0.05) is 20.3 Å². The van der Waals surface area contributed by atoms with Crippen LogP contribution in [0.1, 0.15) is 46.0 Å². The second kappa shape index (κ2) is 7.99. The summed E-state index contributed by atoms with van der Waals surface area (Å²) in [6.07, 6.45) is 6.12. The molecule has 1 aliphatic heterocycles. The zero-order valence-corrected chi connectivity index (χ0v) is 13.9. The minimum Gasteiger partial charge on any atom is -0.387 e. The highest BCUT2D eigenvalue weighted by molar-refractivity contribution is 5.82. The molecular weight excluding hydrogens is 248 g/mol. The van der Waals surface area contributed by atoms with Crippen molar-refractivity contribution in [3.63, 3.8) is 0 Å². The summed E-state index contributed by atoms with van der Waals surface area (Å²) in [6.45, 7) is 9.11. The minimum absolute atomic E-state index is 0.126. The van der Waals surface area contributed by atoms with Crippen molar-refractivity contribution in [3.8, 4) is 0 Å². The Bertz CT molecular complexity index is 291. The van der Waals surface area contributed by atoms with E-state index >= 15 is 0 Å². The molecule has 1 saturated heterocycles. The van der Waals surface area contributed by atoms with Crippen LogP contribution in [-0.4, -0.2) is 55.9 Å². The minimum atomic E-state index is -0.126. The molecule has 0 radical (unpaired) electrons. The molecule has 1 rings (SSSR count). The van der Waals surface area contributed by atoms with Crippen LogP contribution in [0.25, 0.3) is 0 Å². The summed E-state index contributed by atoms with van der Waals surface area (Å²) in [6, 6.07) is 0. The fraction of sp³-hybridized carbons (Fsp3) is 0.938. The summed E-state index contributed by atoms with van der Waals surface area (Å²) in [4.78, 5) is 4.91. The lowest BCUT2D eigenvalue weighted by molar-refractivity contribution is 0.159. The number of amidine groups is 1. The molecule has 0 atom stereocenters. The van der Waals surface area contributed by atoms with Crippen molar-refractivity contribution in [1.82, 2.24) is 9.80 Å². The molecule has 0 spiro atoms. The highest BCUT2D eigenvalue weighted by atomic mass is 15.1. The summed E-state index contributed by atoms with van der Waals surface area (Å²) in [5, 5.41) is 7.57. The van der Waals surface area contributed by atoms with Crippen molar-refractivity contribution < 1.29 is 0 Å². The molecule has 0 saturated carbocycles. The number of hydrogen-bond acceptors (Lipinski definition) is 3. The van der Waals surface area contributed by atoms with Crippen LogP contribution in [0.15, 0.2) is 0 Å². The first-order valence-corrected chi connectivity index (χ1v) is 8.03. The molecule has 0 bridgehead atoms. The summed E-state index contributed by atoms with van der Waals surface area (Å²) >= 11 is 0. The van der Waals surface area contributed by atoms with Crippen molar-refractivity contribution in [2.45, 2.75) is 46.0 Å². The van der Waals surface area contributed by atoms with Gasteiger partial charge in [0.25, 0.3) is 0 Å². The molecular formula is C16H34N4. The van der Waals surface area contributed by atoms with E-state index in [2.05, 4.69) is 37.7 Å². The van der Waals surface area contributed by atoms with Crippen molar-refractivity contribution in [2.75, 3.05) is 40.3 Å². The maximum absolute atomic E-state index is 7.57. The number of nitrogens with one attached hydrogen (secondary N) is 1. The topological polar surface area (TPSA) is 56.4 Å². The first kappa shape index (κ1) is 17.4. The quantitative estimate of drug-likeness (QED) is 0.408. The number of rotatable bonds is 8. The SMILES string of the molecule is CN(C)CC1CCN(CCCCC(C)(C)C(=N)N)CC1. The summed E-state index contributed by atoms with van der Waals surface area (Å²) < 4.78 is 0. The third-order valence-corrected chi connectivity index (χ3v) is 4.59. The van der Waals surface area contributed by atoms with E-state index in [4.69, 9.17) is 11.1 Å². The molecule has 3 N–H and O–H groups in total. The van der Waals surface area contributed by atoms with Crippen molar-refractivity contribution >= 4 is 5.84 Å². The van der Waals surface area contributed by atoms with E-state index in [1.54, 1.807) is 0 Å². The van der Waals surface area contributed by atoms with Gasteiger partial charge in [0.15, 0.2) is 0 Å². The second-order valence-electron chi connectivity index (χ2n) is 7.30. The Labute approximate surface area is 125 Å². The number of piperidine rings is 1. The predicted molar refractivity (Wildman–Crippen MR) is 87.3 cm³/mol. The Balaban J connectivity index is 2.11. The van der Waals surface area contributed by atoms with Crippen molar-refractivity contribution in [1.29, 1.82) is 5.41 Å². The van der Waals surface area contributed by atoms with Crippen LogP contribution in [0.4, 0.5) is 0 Å². The molecule has 0 aliphatic carbocycles. The molecule has 0 aromatic carbocycles. The Hall–Kier alpha value is -0.610. The third kappa shape index (κ3) is 6.23. The van der Waals surface area contributed by atoms with Crippen LogP contribution in [-0.2, 0) is 0 Å². The lowest BCUT2D eigenvalue weighted by atomic mass is 9.86. The van der Waals surface area contributed by atoms with Crippen molar-refractivity contribution in [3.05, 3.63) is 0 Å². The Morgan fingerprint density at radius 3 is 2.35 bits per heavy atom. The lowest BCUT2D eigenvalue weighted by Crippen LogP contribution is -2.37. The van der Waals surface area contributed by atoms with E-state index in [-0.39, 0.29) is 5.41 Å². The molecule has 1 aliphatic rings. The zero-order valence-electron chi connectivity index (χ0n) is 13.9. The van der Waals surface area contributed by atoms with Crippen LogP contribution >= 0.6 is 0 Å². The van der Waals surface area contributed by atoms with E-state index < -0.39 is 0 Å². The molecule has 4 nitrogen and oxygen atoms in total. The van der Waals surface area contributed by atoms with Crippen LogP contribution in [0.5, 0.6) is 0 Å². The molecule has 0 unspecified atom stereocenters. The first-order chi connectivity index (χ1) is 9.31. The summed E-state index contributed by atoms with van der Waals surface area (Å²) in [5.41, 5.74) is 5.49. The van der Waals surface area contributed by atoms with E-state index in [9.17, 15) is 0 Å². The van der Waals surface area contributed by atoms with Gasteiger partial charge < -0.3 is 15.5 Å².